The van der Waals surface area contributed by atoms with Crippen molar-refractivity contribution in [1.29, 1.82) is 0 Å². The Kier molecular flexibility index (Phi) is 6.67. The van der Waals surface area contributed by atoms with E-state index in [1.165, 1.54) is 11.8 Å². The number of halogens is 3. The molecule has 2 nitrogen and oxygen atoms in total. The van der Waals surface area contributed by atoms with Gasteiger partial charge in [0.1, 0.15) is 4.75 Å². The van der Waals surface area contributed by atoms with Gasteiger partial charge in [-0.3, -0.25) is 4.79 Å². The van der Waals surface area contributed by atoms with Gasteiger partial charge in [0.2, 0.25) is 0 Å². The minimum absolute atomic E-state index is 0.0665. The molecule has 2 rings (SSSR count). The first-order valence-electron chi connectivity index (χ1n) is 7.06. The zero-order valence-electron chi connectivity index (χ0n) is 11.9. The molecule has 1 saturated heterocycles. The minimum atomic E-state index is -2.63. The molecule has 1 aromatic carbocycles. The normalized spacial score (nSPS) is 25.1. The van der Waals surface area contributed by atoms with Crippen LogP contribution in [0.2, 0.25) is 0 Å². The van der Waals surface area contributed by atoms with E-state index in [0.29, 0.717) is 6.42 Å². The predicted octanol–water partition coefficient (Wildman–Crippen LogP) is 5.22. The summed E-state index contributed by atoms with van der Waals surface area (Å²) in [6.07, 6.45) is 0.288. The number of hydrogen-bond donors (Lipinski definition) is 0. The van der Waals surface area contributed by atoms with Gasteiger partial charge in [-0.1, -0.05) is 46.9 Å². The largest absolute Gasteiger partial charge is 0.455 e. The zero-order valence-corrected chi connectivity index (χ0v) is 14.9. The minimum Gasteiger partial charge on any atom is -0.455 e. The lowest BCUT2D eigenvalue weighted by Gasteiger charge is -2.24. The van der Waals surface area contributed by atoms with Crippen LogP contribution >= 0.6 is 34.4 Å². The van der Waals surface area contributed by atoms with Crippen molar-refractivity contribution in [2.75, 3.05) is 0 Å². The molecule has 1 aromatic rings. The van der Waals surface area contributed by atoms with Crippen molar-refractivity contribution in [1.82, 2.24) is 0 Å². The van der Waals surface area contributed by atoms with Gasteiger partial charge < -0.3 is 4.74 Å². The van der Waals surface area contributed by atoms with Crippen LogP contribution in [0.3, 0.4) is 0 Å². The van der Waals surface area contributed by atoms with Crippen LogP contribution in [0.1, 0.15) is 25.7 Å². The molecule has 1 heterocycles. The van der Waals surface area contributed by atoms with Crippen LogP contribution in [0.15, 0.2) is 45.4 Å². The first kappa shape index (κ1) is 17.7. The van der Waals surface area contributed by atoms with Crippen molar-refractivity contribution in [2.45, 2.75) is 47.9 Å². The van der Waals surface area contributed by atoms with Crippen molar-refractivity contribution < 1.29 is 18.3 Å². The third-order valence-electron chi connectivity index (χ3n) is 3.54. The predicted molar refractivity (Wildman–Crippen MR) is 92.5 cm³/mol. The van der Waals surface area contributed by atoms with E-state index in [2.05, 4.69) is 22.6 Å². The first-order chi connectivity index (χ1) is 10.6. The zero-order chi connectivity index (χ0) is 16.0. The topological polar surface area (TPSA) is 26.3 Å². The van der Waals surface area contributed by atoms with Gasteiger partial charge in [0.05, 0.1) is 0 Å². The third-order valence-corrected chi connectivity index (χ3v) is 5.48. The Morgan fingerprint density at radius 2 is 2.14 bits per heavy atom. The Labute approximate surface area is 146 Å². The smallest absolute Gasteiger partial charge is 0.323 e. The van der Waals surface area contributed by atoms with E-state index in [1.54, 1.807) is 0 Å². The number of cyclic esters (lactones) is 1. The molecule has 0 bridgehead atoms. The van der Waals surface area contributed by atoms with Crippen molar-refractivity contribution in [3.63, 3.8) is 0 Å². The van der Waals surface area contributed by atoms with E-state index < -0.39 is 23.2 Å². The number of esters is 1. The lowest BCUT2D eigenvalue weighted by molar-refractivity contribution is -0.148. The van der Waals surface area contributed by atoms with Gasteiger partial charge in [-0.25, -0.2) is 8.78 Å². The monoisotopic (exact) mass is 438 g/mol. The summed E-state index contributed by atoms with van der Waals surface area (Å²) in [5.41, 5.74) is 0. The summed E-state index contributed by atoms with van der Waals surface area (Å²) in [7, 11) is 0. The van der Waals surface area contributed by atoms with E-state index in [4.69, 9.17) is 4.74 Å². The molecule has 0 aromatic heterocycles. The van der Waals surface area contributed by atoms with Gasteiger partial charge in [-0.05, 0) is 35.5 Å². The second-order valence-electron chi connectivity index (χ2n) is 5.15. The molecule has 2 atom stereocenters. The Bertz CT molecular complexity index is 524. The van der Waals surface area contributed by atoms with E-state index in [-0.39, 0.29) is 6.42 Å². The summed E-state index contributed by atoms with van der Waals surface area (Å²) in [5, 5.41) is 0. The number of allylic oxidation sites excluding steroid dienone is 1. The van der Waals surface area contributed by atoms with E-state index in [0.717, 1.165) is 17.7 Å². The number of unbranched alkanes of at least 4 members (excludes halogenated alkanes) is 1. The molecular weight excluding hydrogens is 421 g/mol. The van der Waals surface area contributed by atoms with Crippen LogP contribution in [0, 0.1) is 0 Å². The fourth-order valence-corrected chi connectivity index (χ4v) is 4.19. The van der Waals surface area contributed by atoms with Gasteiger partial charge in [0.25, 0.3) is 6.43 Å². The molecule has 1 aliphatic rings. The number of hydrogen-bond acceptors (Lipinski definition) is 3. The summed E-state index contributed by atoms with van der Waals surface area (Å²) in [4.78, 5) is 13.2. The van der Waals surface area contributed by atoms with E-state index in [9.17, 15) is 13.6 Å². The lowest BCUT2D eigenvalue weighted by atomic mass is 9.97. The molecule has 0 aliphatic carbocycles. The van der Waals surface area contributed by atoms with Crippen molar-refractivity contribution in [3.05, 3.63) is 40.5 Å². The molecule has 22 heavy (non-hydrogen) atoms. The van der Waals surface area contributed by atoms with E-state index in [1.807, 2.05) is 40.5 Å². The molecule has 0 amide bonds. The van der Waals surface area contributed by atoms with Crippen molar-refractivity contribution >= 4 is 40.3 Å². The van der Waals surface area contributed by atoms with Gasteiger partial charge in [-0.2, -0.15) is 0 Å². The van der Waals surface area contributed by atoms with Gasteiger partial charge in [0, 0.05) is 11.3 Å². The van der Waals surface area contributed by atoms with E-state index >= 15 is 0 Å². The molecule has 0 radical (unpaired) electrons. The number of rotatable bonds is 7. The van der Waals surface area contributed by atoms with Gasteiger partial charge >= 0.3 is 5.97 Å². The highest BCUT2D eigenvalue weighted by Gasteiger charge is 2.52. The molecule has 1 fully saturated rings. The Morgan fingerprint density at radius 1 is 1.41 bits per heavy atom. The van der Waals surface area contributed by atoms with Gasteiger partial charge in [0.15, 0.2) is 6.10 Å². The number of alkyl halides is 2. The van der Waals surface area contributed by atoms with Crippen LogP contribution in [0.5, 0.6) is 0 Å². The van der Waals surface area contributed by atoms with Crippen molar-refractivity contribution in [2.24, 2.45) is 0 Å². The van der Waals surface area contributed by atoms with Crippen molar-refractivity contribution in [3.8, 4) is 0 Å². The standard InChI is InChI=1S/C16H17F2IO2S/c17-14(18)13-11-16(15(20)21-13,9-5-2-6-10-19)22-12-7-3-1-4-8-12/h1,3-4,6-8,10,13-14H,2,5,9,11H2/b10-6+/t13-,16?/m1/s1. The summed E-state index contributed by atoms with van der Waals surface area (Å²) in [6, 6.07) is 9.41. The summed E-state index contributed by atoms with van der Waals surface area (Å²) < 4.78 is 31.8. The highest BCUT2D eigenvalue weighted by Crippen LogP contribution is 2.46. The maximum absolute atomic E-state index is 12.9. The fourth-order valence-electron chi connectivity index (χ4n) is 2.46. The summed E-state index contributed by atoms with van der Waals surface area (Å²) in [6.45, 7) is 0. The third kappa shape index (κ3) is 4.44. The average Bonchev–Trinajstić information content (AvgIpc) is 2.82. The maximum atomic E-state index is 12.9. The number of benzene rings is 1. The number of carbonyl (C=O) groups is 1. The molecule has 0 saturated carbocycles. The van der Waals surface area contributed by atoms with Crippen LogP contribution in [-0.4, -0.2) is 23.2 Å². The average molecular weight is 438 g/mol. The van der Waals surface area contributed by atoms with Crippen LogP contribution < -0.4 is 0 Å². The second-order valence-corrected chi connectivity index (χ2v) is 7.32. The Morgan fingerprint density at radius 3 is 2.73 bits per heavy atom. The molecule has 0 N–H and O–H groups in total. The van der Waals surface area contributed by atoms with Gasteiger partial charge in [-0.15, -0.1) is 11.8 Å². The van der Waals surface area contributed by atoms with Crippen LogP contribution in [0.4, 0.5) is 8.78 Å². The summed E-state index contributed by atoms with van der Waals surface area (Å²) in [5.74, 6) is -0.509. The summed E-state index contributed by atoms with van der Waals surface area (Å²) >= 11 is 3.49. The fraction of sp³-hybridized carbons (Fsp3) is 0.438. The molecule has 120 valence electrons. The second kappa shape index (κ2) is 8.29. The SMILES string of the molecule is O=C1O[C@@H](C(F)F)CC1(CCC/C=C/I)Sc1ccccc1. The molecule has 6 heteroatoms. The van der Waals surface area contributed by atoms with Crippen LogP contribution in [0.25, 0.3) is 0 Å². The number of ether oxygens (including phenoxy) is 1. The first-order valence-corrected chi connectivity index (χ1v) is 9.12. The molecule has 1 aliphatic heterocycles. The number of carbonyl (C=O) groups excluding carboxylic acids is 1. The molecule has 1 unspecified atom stereocenters. The molecular formula is C16H17F2IO2S. The highest BCUT2D eigenvalue weighted by molar-refractivity contribution is 14.1. The quantitative estimate of drug-likeness (QED) is 0.332. The lowest BCUT2D eigenvalue weighted by Crippen LogP contribution is -2.30. The maximum Gasteiger partial charge on any atom is 0.323 e. The highest BCUT2D eigenvalue weighted by atomic mass is 127. The Hall–Kier alpha value is -0.630. The Balaban J connectivity index is 2.15. The molecule has 0 spiro atoms. The number of thioether (sulfide) groups is 1. The van der Waals surface area contributed by atoms with Crippen LogP contribution in [-0.2, 0) is 9.53 Å².